The molecule has 2 aromatic rings. The van der Waals surface area contributed by atoms with E-state index in [9.17, 15) is 18.8 Å². The van der Waals surface area contributed by atoms with Gasteiger partial charge in [-0.1, -0.05) is 0 Å². The van der Waals surface area contributed by atoms with Crippen molar-refractivity contribution >= 4 is 23.3 Å². The van der Waals surface area contributed by atoms with E-state index in [0.29, 0.717) is 44.2 Å². The average Bonchev–Trinajstić information content (AvgIpc) is 3.43. The molecule has 1 saturated carbocycles. The first-order chi connectivity index (χ1) is 17.4. The summed E-state index contributed by atoms with van der Waals surface area (Å²) in [5.41, 5.74) is 1.97. The largest absolute Gasteiger partial charge is 0.487 e. The molecule has 2 aromatic carbocycles. The molecule has 36 heavy (non-hydrogen) atoms. The number of carbonyl (C=O) groups excluding carboxylic acids is 2. The van der Waals surface area contributed by atoms with Crippen molar-refractivity contribution in [2.75, 3.05) is 24.5 Å². The van der Waals surface area contributed by atoms with E-state index in [-0.39, 0.29) is 41.4 Å². The fourth-order valence-corrected chi connectivity index (χ4v) is 4.87. The van der Waals surface area contributed by atoms with Gasteiger partial charge in [0.2, 0.25) is 0 Å². The third-order valence-corrected chi connectivity index (χ3v) is 7.04. The van der Waals surface area contributed by atoms with E-state index < -0.39 is 11.8 Å². The highest BCUT2D eigenvalue weighted by molar-refractivity contribution is 5.96. The van der Waals surface area contributed by atoms with Crippen LogP contribution in [0.15, 0.2) is 42.5 Å². The minimum atomic E-state index is -0.798. The second kappa shape index (κ2) is 12.0. The van der Waals surface area contributed by atoms with Gasteiger partial charge in [0.1, 0.15) is 0 Å². The van der Waals surface area contributed by atoms with Crippen molar-refractivity contribution < 1.29 is 28.6 Å². The van der Waals surface area contributed by atoms with Crippen molar-refractivity contribution in [2.45, 2.75) is 57.5 Å². The van der Waals surface area contributed by atoms with Crippen LogP contribution in [0.2, 0.25) is 0 Å². The number of hydrogen-bond donors (Lipinski definition) is 2. The van der Waals surface area contributed by atoms with Gasteiger partial charge in [-0.3, -0.25) is 14.4 Å². The number of amides is 1. The maximum Gasteiger partial charge on any atom is 0.306 e. The van der Waals surface area contributed by atoms with Crippen LogP contribution in [0.4, 0.5) is 10.1 Å². The fraction of sp³-hybridized carbons (Fsp3) is 0.464. The summed E-state index contributed by atoms with van der Waals surface area (Å²) < 4.78 is 20.3. The van der Waals surface area contributed by atoms with E-state index in [1.165, 1.54) is 25.0 Å². The molecule has 8 heteroatoms. The smallest absolute Gasteiger partial charge is 0.306 e. The van der Waals surface area contributed by atoms with E-state index in [4.69, 9.17) is 9.84 Å². The summed E-state index contributed by atoms with van der Waals surface area (Å²) in [5, 5.41) is 11.9. The van der Waals surface area contributed by atoms with Gasteiger partial charge in [-0.2, -0.15) is 0 Å². The van der Waals surface area contributed by atoms with Gasteiger partial charge < -0.3 is 20.1 Å². The summed E-state index contributed by atoms with van der Waals surface area (Å²) in [4.78, 5) is 38.3. The van der Waals surface area contributed by atoms with Crippen molar-refractivity contribution in [1.82, 2.24) is 5.32 Å². The van der Waals surface area contributed by atoms with Crippen molar-refractivity contribution in [3.8, 4) is 5.75 Å². The Balaban J connectivity index is 1.19. The zero-order valence-corrected chi connectivity index (χ0v) is 20.4. The quantitative estimate of drug-likeness (QED) is 0.361. The maximum atomic E-state index is 14.5. The Morgan fingerprint density at radius 3 is 2.28 bits per heavy atom. The standard InChI is InChI=1S/C28H33FN2O5/c29-24-18-21(9-14-26(24)36-23-12-7-20(8-13-23)28(34)35)25(32)4-3-15-30-27(33)19-5-10-22(11-6-19)31-16-1-2-17-31/h5-6,9-11,14,18,20,23H,1-4,7-8,12-13,15-17H2,(H,30,33)(H,34,35). The summed E-state index contributed by atoms with van der Waals surface area (Å²) in [5.74, 6) is -2.07. The Labute approximate surface area is 210 Å². The Kier molecular flexibility index (Phi) is 8.57. The minimum absolute atomic E-state index is 0.0772. The van der Waals surface area contributed by atoms with E-state index in [1.54, 1.807) is 6.07 Å². The number of aliphatic carboxylic acids is 1. The predicted octanol–water partition coefficient (Wildman–Crippen LogP) is 4.84. The topological polar surface area (TPSA) is 95.9 Å². The molecular weight excluding hydrogens is 463 g/mol. The SMILES string of the molecule is O=C(CCCNC(=O)c1ccc(N2CCCC2)cc1)c1ccc(OC2CCC(C(=O)O)CC2)c(F)c1. The summed E-state index contributed by atoms with van der Waals surface area (Å²) >= 11 is 0. The number of carboxylic acids is 1. The van der Waals surface area contributed by atoms with Gasteiger partial charge in [0.05, 0.1) is 12.0 Å². The fourth-order valence-electron chi connectivity index (χ4n) is 4.87. The zero-order chi connectivity index (χ0) is 25.5. The van der Waals surface area contributed by atoms with Gasteiger partial charge in [0.25, 0.3) is 5.91 Å². The number of ether oxygens (including phenoxy) is 1. The molecule has 0 aromatic heterocycles. The van der Waals surface area contributed by atoms with Crippen LogP contribution in [-0.2, 0) is 4.79 Å². The first-order valence-electron chi connectivity index (χ1n) is 12.8. The molecule has 0 unspecified atom stereocenters. The number of anilines is 1. The van der Waals surface area contributed by atoms with Crippen LogP contribution in [-0.4, -0.2) is 48.5 Å². The van der Waals surface area contributed by atoms with Gasteiger partial charge in [0, 0.05) is 42.9 Å². The first-order valence-corrected chi connectivity index (χ1v) is 12.8. The Morgan fingerprint density at radius 1 is 0.972 bits per heavy atom. The van der Waals surface area contributed by atoms with Crippen LogP contribution < -0.4 is 15.0 Å². The number of carbonyl (C=O) groups is 3. The molecule has 1 amide bonds. The second-order valence-electron chi connectivity index (χ2n) is 9.60. The predicted molar refractivity (Wildman–Crippen MR) is 134 cm³/mol. The molecule has 1 aliphatic carbocycles. The molecule has 0 spiro atoms. The zero-order valence-electron chi connectivity index (χ0n) is 20.4. The molecule has 1 aliphatic heterocycles. The summed E-state index contributed by atoms with van der Waals surface area (Å²) in [6.07, 6.45) is 4.95. The normalized spacial score (nSPS) is 19.6. The molecule has 1 heterocycles. The van der Waals surface area contributed by atoms with Gasteiger partial charge in [-0.05, 0) is 87.4 Å². The Morgan fingerprint density at radius 2 is 1.64 bits per heavy atom. The lowest BCUT2D eigenvalue weighted by Crippen LogP contribution is -2.28. The molecule has 0 atom stereocenters. The van der Waals surface area contributed by atoms with Crippen LogP contribution in [0.3, 0.4) is 0 Å². The van der Waals surface area contributed by atoms with Crippen molar-refractivity contribution in [3.05, 3.63) is 59.4 Å². The second-order valence-corrected chi connectivity index (χ2v) is 9.60. The molecular formula is C28H33FN2O5. The Hall–Kier alpha value is -3.42. The minimum Gasteiger partial charge on any atom is -0.487 e. The summed E-state index contributed by atoms with van der Waals surface area (Å²) in [7, 11) is 0. The lowest BCUT2D eigenvalue weighted by molar-refractivity contribution is -0.143. The van der Waals surface area contributed by atoms with Crippen molar-refractivity contribution in [2.24, 2.45) is 5.92 Å². The molecule has 0 radical (unpaired) electrons. The van der Waals surface area contributed by atoms with Crippen LogP contribution >= 0.6 is 0 Å². The molecule has 192 valence electrons. The van der Waals surface area contributed by atoms with Gasteiger partial charge >= 0.3 is 5.97 Å². The lowest BCUT2D eigenvalue weighted by atomic mass is 9.87. The van der Waals surface area contributed by atoms with Crippen molar-refractivity contribution in [3.63, 3.8) is 0 Å². The summed E-state index contributed by atoms with van der Waals surface area (Å²) in [6.45, 7) is 2.45. The summed E-state index contributed by atoms with van der Waals surface area (Å²) in [6, 6.07) is 11.8. The molecule has 1 saturated heterocycles. The molecule has 2 N–H and O–H groups in total. The monoisotopic (exact) mass is 496 g/mol. The van der Waals surface area contributed by atoms with Crippen molar-refractivity contribution in [1.29, 1.82) is 0 Å². The number of Topliss-reactive ketones (excluding diaryl/α,β-unsaturated/α-hetero) is 1. The average molecular weight is 497 g/mol. The Bertz CT molecular complexity index is 1070. The van der Waals surface area contributed by atoms with E-state index >= 15 is 0 Å². The first kappa shape index (κ1) is 25.7. The lowest BCUT2D eigenvalue weighted by Gasteiger charge is -2.27. The highest BCUT2D eigenvalue weighted by Gasteiger charge is 2.27. The van der Waals surface area contributed by atoms with Crippen LogP contribution in [0.25, 0.3) is 0 Å². The van der Waals surface area contributed by atoms with E-state index in [2.05, 4.69) is 10.2 Å². The highest BCUT2D eigenvalue weighted by atomic mass is 19.1. The van der Waals surface area contributed by atoms with Crippen LogP contribution in [0.5, 0.6) is 5.75 Å². The molecule has 4 rings (SSSR count). The van der Waals surface area contributed by atoms with Crippen LogP contribution in [0.1, 0.15) is 72.1 Å². The number of hydrogen-bond acceptors (Lipinski definition) is 5. The molecule has 0 bridgehead atoms. The number of nitrogens with one attached hydrogen (secondary N) is 1. The number of benzene rings is 2. The van der Waals surface area contributed by atoms with Gasteiger partial charge in [-0.25, -0.2) is 4.39 Å². The number of rotatable bonds is 10. The molecule has 2 aliphatic rings. The number of carboxylic acid groups (broad SMARTS) is 1. The number of halogens is 1. The number of nitrogens with zero attached hydrogens (tertiary/aromatic N) is 1. The highest BCUT2D eigenvalue weighted by Crippen LogP contribution is 2.29. The van der Waals surface area contributed by atoms with Crippen LogP contribution in [0, 0.1) is 11.7 Å². The third-order valence-electron chi connectivity index (χ3n) is 7.04. The van der Waals surface area contributed by atoms with Gasteiger partial charge in [-0.15, -0.1) is 0 Å². The number of ketones is 1. The maximum absolute atomic E-state index is 14.5. The third kappa shape index (κ3) is 6.62. The van der Waals surface area contributed by atoms with E-state index in [1.807, 2.05) is 24.3 Å². The molecule has 7 nitrogen and oxygen atoms in total. The molecule has 2 fully saturated rings. The van der Waals surface area contributed by atoms with E-state index in [0.717, 1.165) is 18.8 Å². The van der Waals surface area contributed by atoms with Gasteiger partial charge in [0.15, 0.2) is 17.3 Å².